The van der Waals surface area contributed by atoms with Crippen molar-refractivity contribution < 1.29 is 14.7 Å². The van der Waals surface area contributed by atoms with Crippen LogP contribution < -0.4 is 4.90 Å². The Morgan fingerprint density at radius 3 is 2.14 bits per heavy atom. The Labute approximate surface area is 170 Å². The number of ketones is 1. The van der Waals surface area contributed by atoms with E-state index in [1.54, 1.807) is 42.5 Å². The van der Waals surface area contributed by atoms with Crippen LogP contribution in [0.1, 0.15) is 17.2 Å². The van der Waals surface area contributed by atoms with Crippen molar-refractivity contribution in [3.05, 3.63) is 106 Å². The number of nitrogens with zero attached hydrogens (tertiary/aromatic N) is 1. The van der Waals surface area contributed by atoms with Gasteiger partial charge in [-0.1, -0.05) is 82.7 Å². The van der Waals surface area contributed by atoms with E-state index >= 15 is 0 Å². The van der Waals surface area contributed by atoms with Crippen LogP contribution in [0.2, 0.25) is 0 Å². The topological polar surface area (TPSA) is 57.6 Å². The first-order chi connectivity index (χ1) is 13.6. The van der Waals surface area contributed by atoms with Gasteiger partial charge in [-0.2, -0.15) is 0 Å². The van der Waals surface area contributed by atoms with Crippen molar-refractivity contribution >= 4 is 39.1 Å². The maximum atomic E-state index is 13.0. The van der Waals surface area contributed by atoms with Gasteiger partial charge < -0.3 is 5.11 Å². The van der Waals surface area contributed by atoms with E-state index in [1.807, 2.05) is 42.5 Å². The third-order valence-electron chi connectivity index (χ3n) is 4.69. The zero-order valence-electron chi connectivity index (χ0n) is 14.7. The number of amides is 1. The monoisotopic (exact) mass is 433 g/mol. The molecule has 1 fully saturated rings. The summed E-state index contributed by atoms with van der Waals surface area (Å²) in [5.41, 5.74) is 1.91. The van der Waals surface area contributed by atoms with E-state index in [4.69, 9.17) is 0 Å². The van der Waals surface area contributed by atoms with E-state index in [9.17, 15) is 14.7 Å². The predicted molar refractivity (Wildman–Crippen MR) is 112 cm³/mol. The highest BCUT2D eigenvalue weighted by molar-refractivity contribution is 9.10. The lowest BCUT2D eigenvalue weighted by Gasteiger charge is -2.25. The highest BCUT2D eigenvalue weighted by Gasteiger charge is 2.46. The normalized spacial score (nSPS) is 18.5. The highest BCUT2D eigenvalue weighted by atomic mass is 79.9. The zero-order chi connectivity index (χ0) is 19.7. The summed E-state index contributed by atoms with van der Waals surface area (Å²) >= 11 is 3.42. The summed E-state index contributed by atoms with van der Waals surface area (Å²) in [6, 6.07) is 24.5. The molecule has 1 amide bonds. The summed E-state index contributed by atoms with van der Waals surface area (Å²) in [7, 11) is 0. The molecule has 1 heterocycles. The molecule has 1 aliphatic heterocycles. The molecule has 1 atom stereocenters. The summed E-state index contributed by atoms with van der Waals surface area (Å²) in [6.45, 7) is 0. The number of aliphatic hydroxyl groups excluding tert-OH is 1. The second-order valence-corrected chi connectivity index (χ2v) is 7.34. The van der Waals surface area contributed by atoms with E-state index in [0.717, 1.165) is 10.0 Å². The molecule has 0 saturated carbocycles. The van der Waals surface area contributed by atoms with E-state index in [0.29, 0.717) is 11.3 Å². The van der Waals surface area contributed by atoms with Crippen molar-refractivity contribution in [2.24, 2.45) is 0 Å². The fourth-order valence-corrected chi connectivity index (χ4v) is 3.81. The summed E-state index contributed by atoms with van der Waals surface area (Å²) in [6.07, 6.45) is 0. The fourth-order valence-electron chi connectivity index (χ4n) is 3.43. The molecule has 3 aromatic carbocycles. The second-order valence-electron chi connectivity index (χ2n) is 6.43. The number of carbonyl (C=O) groups is 2. The first kappa shape index (κ1) is 18.2. The number of aliphatic hydroxyl groups is 1. The van der Waals surface area contributed by atoms with E-state index in [-0.39, 0.29) is 11.3 Å². The lowest BCUT2D eigenvalue weighted by Crippen LogP contribution is -2.29. The summed E-state index contributed by atoms with van der Waals surface area (Å²) in [5.74, 6) is -1.54. The summed E-state index contributed by atoms with van der Waals surface area (Å²) < 4.78 is 0.793. The number of rotatable bonds is 3. The zero-order valence-corrected chi connectivity index (χ0v) is 16.3. The molecule has 1 aliphatic rings. The Balaban J connectivity index is 1.95. The minimum absolute atomic E-state index is 0.0855. The lowest BCUT2D eigenvalue weighted by molar-refractivity contribution is -0.132. The molecule has 3 aromatic rings. The minimum atomic E-state index is -0.712. The molecule has 1 N–H and O–H groups in total. The quantitative estimate of drug-likeness (QED) is 0.356. The minimum Gasteiger partial charge on any atom is -0.507 e. The molecule has 1 saturated heterocycles. The van der Waals surface area contributed by atoms with Crippen LogP contribution >= 0.6 is 15.9 Å². The van der Waals surface area contributed by atoms with Gasteiger partial charge in [0.25, 0.3) is 11.7 Å². The number of anilines is 1. The highest BCUT2D eigenvalue weighted by Crippen LogP contribution is 2.42. The Bertz CT molecular complexity index is 1080. The smallest absolute Gasteiger partial charge is 0.300 e. The van der Waals surface area contributed by atoms with Gasteiger partial charge in [0.1, 0.15) is 5.76 Å². The van der Waals surface area contributed by atoms with E-state index in [1.165, 1.54) is 4.90 Å². The molecule has 4 rings (SSSR count). The number of hydrogen-bond donors (Lipinski definition) is 1. The van der Waals surface area contributed by atoms with Crippen molar-refractivity contribution in [3.63, 3.8) is 0 Å². The molecule has 0 bridgehead atoms. The lowest BCUT2D eigenvalue weighted by atomic mass is 9.95. The Hall–Kier alpha value is -3.18. The molecule has 0 radical (unpaired) electrons. The predicted octanol–water partition coefficient (Wildman–Crippen LogP) is 5.08. The molecule has 28 heavy (non-hydrogen) atoms. The van der Waals surface area contributed by atoms with Gasteiger partial charge in [0, 0.05) is 15.7 Å². The van der Waals surface area contributed by atoms with Crippen molar-refractivity contribution in [2.45, 2.75) is 6.04 Å². The molecular weight excluding hydrogens is 418 g/mol. The number of halogens is 1. The van der Waals surface area contributed by atoms with Crippen LogP contribution in [-0.2, 0) is 9.59 Å². The van der Waals surface area contributed by atoms with Gasteiger partial charge >= 0.3 is 0 Å². The number of carbonyl (C=O) groups excluding carboxylic acids is 2. The number of Topliss-reactive ketones (excluding diaryl/α,β-unsaturated/α-hetero) is 1. The second kappa shape index (κ2) is 7.44. The Kier molecular flexibility index (Phi) is 4.84. The van der Waals surface area contributed by atoms with Crippen molar-refractivity contribution in [1.82, 2.24) is 0 Å². The maximum Gasteiger partial charge on any atom is 0.300 e. The first-order valence-electron chi connectivity index (χ1n) is 8.75. The molecule has 1 unspecified atom stereocenters. The third-order valence-corrected chi connectivity index (χ3v) is 5.19. The molecular formula is C23H16BrNO3. The van der Waals surface area contributed by atoms with Crippen LogP contribution in [0.3, 0.4) is 0 Å². The Morgan fingerprint density at radius 1 is 0.857 bits per heavy atom. The van der Waals surface area contributed by atoms with E-state index in [2.05, 4.69) is 15.9 Å². The number of hydrogen-bond acceptors (Lipinski definition) is 3. The van der Waals surface area contributed by atoms with Crippen LogP contribution in [0.5, 0.6) is 0 Å². The molecule has 0 spiro atoms. The largest absolute Gasteiger partial charge is 0.507 e. The van der Waals surface area contributed by atoms with Gasteiger partial charge in [0.15, 0.2) is 0 Å². The van der Waals surface area contributed by atoms with Crippen molar-refractivity contribution in [2.75, 3.05) is 4.90 Å². The average molecular weight is 434 g/mol. The summed E-state index contributed by atoms with van der Waals surface area (Å²) in [5, 5.41) is 10.9. The molecule has 138 valence electrons. The van der Waals surface area contributed by atoms with E-state index < -0.39 is 17.7 Å². The van der Waals surface area contributed by atoms with Crippen LogP contribution in [0, 0.1) is 0 Å². The molecule has 0 aromatic heterocycles. The van der Waals surface area contributed by atoms with Gasteiger partial charge in [0.2, 0.25) is 0 Å². The third kappa shape index (κ3) is 3.14. The fraction of sp³-hybridized carbons (Fsp3) is 0.0435. The van der Waals surface area contributed by atoms with Crippen LogP contribution in [0.15, 0.2) is 95.0 Å². The van der Waals surface area contributed by atoms with Gasteiger partial charge in [0.05, 0.1) is 11.6 Å². The van der Waals surface area contributed by atoms with Crippen LogP contribution in [-0.4, -0.2) is 16.8 Å². The van der Waals surface area contributed by atoms with Gasteiger partial charge in [-0.15, -0.1) is 0 Å². The van der Waals surface area contributed by atoms with Gasteiger partial charge in [-0.3, -0.25) is 14.5 Å². The van der Waals surface area contributed by atoms with Crippen molar-refractivity contribution in [3.8, 4) is 0 Å². The van der Waals surface area contributed by atoms with Crippen LogP contribution in [0.4, 0.5) is 5.69 Å². The molecule has 0 aliphatic carbocycles. The standard InChI is InChI=1S/C23H16BrNO3/c24-17-12-7-13-18(14-17)25-20(15-8-3-1-4-9-15)19(22(27)23(25)28)21(26)16-10-5-2-6-11-16/h1-14,20,26H/b21-19+. The number of benzene rings is 3. The first-order valence-corrected chi connectivity index (χ1v) is 9.54. The maximum absolute atomic E-state index is 13.0. The molecule has 5 heteroatoms. The summed E-state index contributed by atoms with van der Waals surface area (Å²) in [4.78, 5) is 27.4. The van der Waals surface area contributed by atoms with Gasteiger partial charge in [-0.05, 0) is 23.8 Å². The van der Waals surface area contributed by atoms with Crippen molar-refractivity contribution in [1.29, 1.82) is 0 Å². The van der Waals surface area contributed by atoms with Crippen LogP contribution in [0.25, 0.3) is 5.76 Å². The molecule has 4 nitrogen and oxygen atoms in total. The Morgan fingerprint density at radius 2 is 1.50 bits per heavy atom. The van der Waals surface area contributed by atoms with Gasteiger partial charge in [-0.25, -0.2) is 0 Å². The SMILES string of the molecule is O=C1C(=O)N(c2cccc(Br)c2)C(c2ccccc2)/C1=C(\O)c1ccccc1. The average Bonchev–Trinajstić information content (AvgIpc) is 3.00.